The Morgan fingerprint density at radius 3 is 2.62 bits per heavy atom. The third kappa shape index (κ3) is 4.15. The maximum atomic E-state index is 10.5. The van der Waals surface area contributed by atoms with Gasteiger partial charge in [-0.25, -0.2) is 0 Å². The van der Waals surface area contributed by atoms with Crippen molar-refractivity contribution in [1.82, 2.24) is 4.90 Å². The maximum Gasteiger partial charge on any atom is 0.170 e. The van der Waals surface area contributed by atoms with Crippen LogP contribution in [0.2, 0.25) is 0 Å². The van der Waals surface area contributed by atoms with Crippen molar-refractivity contribution in [3.05, 3.63) is 0 Å². The second-order valence-electron chi connectivity index (χ2n) is 6.02. The molecule has 0 bridgehead atoms. The van der Waals surface area contributed by atoms with Crippen LogP contribution in [0.1, 0.15) is 26.2 Å². The van der Waals surface area contributed by atoms with Gasteiger partial charge in [0.05, 0.1) is 32.5 Å². The number of methoxy groups -OCH3 is 2. The zero-order valence-electron chi connectivity index (χ0n) is 13.4. The van der Waals surface area contributed by atoms with Gasteiger partial charge in [0.15, 0.2) is 5.79 Å². The molecule has 2 fully saturated rings. The Hall–Kier alpha value is -0.240. The summed E-state index contributed by atoms with van der Waals surface area (Å²) in [6, 6.07) is 0.221. The molecular formula is C15H29NO5. The van der Waals surface area contributed by atoms with Gasteiger partial charge in [0.1, 0.15) is 0 Å². The quantitative estimate of drug-likeness (QED) is 0.744. The number of nitrogens with zero attached hydrogens (tertiary/aromatic N) is 1. The smallest absolute Gasteiger partial charge is 0.170 e. The van der Waals surface area contributed by atoms with E-state index in [0.29, 0.717) is 39.3 Å². The van der Waals surface area contributed by atoms with Crippen LogP contribution in [-0.2, 0) is 18.9 Å². The highest BCUT2D eigenvalue weighted by Crippen LogP contribution is 2.38. The molecule has 1 aliphatic carbocycles. The highest BCUT2D eigenvalue weighted by Gasteiger charge is 2.47. The first-order valence-electron chi connectivity index (χ1n) is 7.81. The minimum Gasteiger partial charge on any atom is -0.391 e. The minimum atomic E-state index is -0.498. The lowest BCUT2D eigenvalue weighted by Gasteiger charge is -2.46. The summed E-state index contributed by atoms with van der Waals surface area (Å²) in [5.74, 6) is -0.498. The zero-order chi connectivity index (χ0) is 15.3. The molecule has 3 unspecified atom stereocenters. The van der Waals surface area contributed by atoms with Crippen LogP contribution in [0.4, 0.5) is 0 Å². The molecule has 1 aliphatic heterocycles. The molecule has 1 spiro atoms. The fourth-order valence-electron chi connectivity index (χ4n) is 3.46. The molecule has 1 saturated heterocycles. The van der Waals surface area contributed by atoms with Crippen molar-refractivity contribution in [2.45, 2.75) is 50.2 Å². The Balaban J connectivity index is 2.07. The predicted molar refractivity (Wildman–Crippen MR) is 78.2 cm³/mol. The van der Waals surface area contributed by atoms with E-state index in [-0.39, 0.29) is 18.2 Å². The molecule has 2 rings (SSSR count). The molecule has 1 N–H and O–H groups in total. The van der Waals surface area contributed by atoms with Crippen molar-refractivity contribution < 1.29 is 24.1 Å². The second-order valence-corrected chi connectivity index (χ2v) is 6.02. The molecule has 6 nitrogen and oxygen atoms in total. The topological polar surface area (TPSA) is 60.4 Å². The zero-order valence-corrected chi connectivity index (χ0v) is 13.4. The number of aliphatic hydroxyl groups is 1. The normalized spacial score (nSPS) is 30.1. The van der Waals surface area contributed by atoms with Crippen molar-refractivity contribution in [2.75, 3.05) is 47.2 Å². The molecule has 0 aromatic carbocycles. The monoisotopic (exact) mass is 303 g/mol. The predicted octanol–water partition coefficient (Wildman–Crippen LogP) is 0.626. The largest absolute Gasteiger partial charge is 0.391 e. The summed E-state index contributed by atoms with van der Waals surface area (Å²) in [7, 11) is 3.40. The minimum absolute atomic E-state index is 0.0112. The molecule has 124 valence electrons. The van der Waals surface area contributed by atoms with Crippen LogP contribution in [-0.4, -0.2) is 81.2 Å². The summed E-state index contributed by atoms with van der Waals surface area (Å²) >= 11 is 0. The van der Waals surface area contributed by atoms with E-state index in [0.717, 1.165) is 13.0 Å². The summed E-state index contributed by atoms with van der Waals surface area (Å²) in [5.41, 5.74) is 0. The fourth-order valence-corrected chi connectivity index (χ4v) is 3.46. The van der Waals surface area contributed by atoms with E-state index < -0.39 is 5.79 Å². The SMILES string of the molecule is COCCN(C(C)COC)C1CC2(CCC1O)OCCO2. The van der Waals surface area contributed by atoms with E-state index in [1.165, 1.54) is 0 Å². The third-order valence-electron chi connectivity index (χ3n) is 4.55. The molecule has 21 heavy (non-hydrogen) atoms. The molecule has 1 heterocycles. The molecule has 0 aromatic heterocycles. The molecule has 0 amide bonds. The van der Waals surface area contributed by atoms with E-state index in [4.69, 9.17) is 18.9 Å². The first-order chi connectivity index (χ1) is 10.1. The lowest BCUT2D eigenvalue weighted by atomic mass is 9.85. The first-order valence-corrected chi connectivity index (χ1v) is 7.81. The summed E-state index contributed by atoms with van der Waals surface area (Å²) in [5, 5.41) is 10.5. The molecule has 6 heteroatoms. The van der Waals surface area contributed by atoms with E-state index in [2.05, 4.69) is 11.8 Å². The first kappa shape index (κ1) is 17.1. The maximum absolute atomic E-state index is 10.5. The highest BCUT2D eigenvalue weighted by molar-refractivity contribution is 4.94. The van der Waals surface area contributed by atoms with Crippen molar-refractivity contribution in [3.8, 4) is 0 Å². The standard InChI is InChI=1S/C15H29NO5/c1-12(11-19-3)16(6-7-18-2)13-10-15(5-4-14(13)17)20-8-9-21-15/h12-14,17H,4-11H2,1-3H3. The van der Waals surface area contributed by atoms with Crippen LogP contribution in [0.5, 0.6) is 0 Å². The Morgan fingerprint density at radius 1 is 1.29 bits per heavy atom. The van der Waals surface area contributed by atoms with E-state index in [9.17, 15) is 5.11 Å². The van der Waals surface area contributed by atoms with Gasteiger partial charge in [-0.15, -0.1) is 0 Å². The van der Waals surface area contributed by atoms with E-state index in [1.807, 2.05) is 0 Å². The van der Waals surface area contributed by atoms with Gasteiger partial charge in [-0.2, -0.15) is 0 Å². The van der Waals surface area contributed by atoms with Gasteiger partial charge in [-0.1, -0.05) is 0 Å². The van der Waals surface area contributed by atoms with Crippen LogP contribution in [0.25, 0.3) is 0 Å². The van der Waals surface area contributed by atoms with Crippen LogP contribution < -0.4 is 0 Å². The summed E-state index contributed by atoms with van der Waals surface area (Å²) in [6.07, 6.45) is 1.81. The molecule has 1 saturated carbocycles. The van der Waals surface area contributed by atoms with Gasteiger partial charge in [-0.3, -0.25) is 4.90 Å². The Bertz CT molecular complexity index is 308. The van der Waals surface area contributed by atoms with Crippen molar-refractivity contribution in [1.29, 1.82) is 0 Å². The van der Waals surface area contributed by atoms with Gasteiger partial charge < -0.3 is 24.1 Å². The number of aliphatic hydroxyl groups excluding tert-OH is 1. The molecule has 0 aromatic rings. The molecule has 2 aliphatic rings. The van der Waals surface area contributed by atoms with Gasteiger partial charge in [0.2, 0.25) is 0 Å². The third-order valence-corrected chi connectivity index (χ3v) is 4.55. The van der Waals surface area contributed by atoms with Crippen LogP contribution in [0.15, 0.2) is 0 Å². The average Bonchev–Trinajstić information content (AvgIpc) is 2.92. The van der Waals surface area contributed by atoms with E-state index in [1.54, 1.807) is 14.2 Å². The van der Waals surface area contributed by atoms with Crippen LogP contribution >= 0.6 is 0 Å². The second kappa shape index (κ2) is 7.85. The fraction of sp³-hybridized carbons (Fsp3) is 1.00. The number of rotatable bonds is 7. The van der Waals surface area contributed by atoms with Crippen molar-refractivity contribution >= 4 is 0 Å². The van der Waals surface area contributed by atoms with Gasteiger partial charge in [0.25, 0.3) is 0 Å². The van der Waals surface area contributed by atoms with Crippen LogP contribution in [0, 0.1) is 0 Å². The summed E-state index contributed by atoms with van der Waals surface area (Å²) in [4.78, 5) is 2.27. The molecule has 0 radical (unpaired) electrons. The Morgan fingerprint density at radius 2 is 2.00 bits per heavy atom. The number of hydrogen-bond acceptors (Lipinski definition) is 6. The van der Waals surface area contributed by atoms with Gasteiger partial charge >= 0.3 is 0 Å². The number of ether oxygens (including phenoxy) is 4. The summed E-state index contributed by atoms with van der Waals surface area (Å²) in [6.45, 7) is 5.43. The lowest BCUT2D eigenvalue weighted by Crippen LogP contribution is -2.57. The average molecular weight is 303 g/mol. The van der Waals surface area contributed by atoms with Crippen molar-refractivity contribution in [3.63, 3.8) is 0 Å². The molecule has 3 atom stereocenters. The number of hydrogen-bond donors (Lipinski definition) is 1. The Labute approximate surface area is 127 Å². The van der Waals surface area contributed by atoms with E-state index >= 15 is 0 Å². The lowest BCUT2D eigenvalue weighted by molar-refractivity contribution is -0.208. The van der Waals surface area contributed by atoms with Crippen LogP contribution in [0.3, 0.4) is 0 Å². The van der Waals surface area contributed by atoms with Crippen molar-refractivity contribution in [2.24, 2.45) is 0 Å². The molecular weight excluding hydrogens is 274 g/mol. The Kier molecular flexibility index (Phi) is 6.40. The van der Waals surface area contributed by atoms with Gasteiger partial charge in [-0.05, 0) is 13.3 Å². The van der Waals surface area contributed by atoms with Gasteiger partial charge in [0, 0.05) is 45.7 Å². The summed E-state index contributed by atoms with van der Waals surface area (Å²) < 4.78 is 22.2. The highest BCUT2D eigenvalue weighted by atomic mass is 16.7.